The van der Waals surface area contributed by atoms with E-state index in [0.29, 0.717) is 0 Å². The van der Waals surface area contributed by atoms with Crippen molar-refractivity contribution in [1.29, 1.82) is 0 Å². The molecule has 4 heteroatoms. The number of methoxy groups -OCH3 is 1. The maximum Gasteiger partial charge on any atom is 0.0638 e. The van der Waals surface area contributed by atoms with E-state index < -0.39 is 0 Å². The fourth-order valence-corrected chi connectivity index (χ4v) is 1.22. The lowest BCUT2D eigenvalue weighted by Gasteiger charge is -2.03. The second-order valence-electron chi connectivity index (χ2n) is 3.08. The zero-order valence-corrected chi connectivity index (χ0v) is 8.48. The van der Waals surface area contributed by atoms with Crippen LogP contribution in [0.25, 0.3) is 0 Å². The Kier molecular flexibility index (Phi) is 3.92. The molecule has 0 atom stereocenters. The van der Waals surface area contributed by atoms with Gasteiger partial charge in [-0.1, -0.05) is 0 Å². The number of ether oxygens (including phenoxy) is 1. The normalized spacial score (nSPS) is 10.7. The minimum Gasteiger partial charge on any atom is -0.383 e. The molecule has 0 radical (unpaired) electrons. The van der Waals surface area contributed by atoms with E-state index in [1.807, 2.05) is 13.8 Å². The van der Waals surface area contributed by atoms with Crippen LogP contribution in [-0.4, -0.2) is 30.5 Å². The molecule has 1 aromatic rings. The third-order valence-corrected chi connectivity index (χ3v) is 2.07. The average molecular weight is 183 g/mol. The molecule has 1 rings (SSSR count). The van der Waals surface area contributed by atoms with Gasteiger partial charge in [0.25, 0.3) is 0 Å². The van der Waals surface area contributed by atoms with Gasteiger partial charge in [-0.3, -0.25) is 5.10 Å². The third kappa shape index (κ3) is 2.82. The van der Waals surface area contributed by atoms with Crippen LogP contribution in [0.2, 0.25) is 0 Å². The van der Waals surface area contributed by atoms with Gasteiger partial charge in [-0.2, -0.15) is 5.10 Å². The Balaban J connectivity index is 2.36. The standard InChI is InChI=1S/C9H17N3O/c1-7-9(8(2)12-11-7)6-10-4-5-13-3/h10H,4-6H2,1-3H3,(H,11,12). The molecule has 74 valence electrons. The maximum atomic E-state index is 4.94. The Morgan fingerprint density at radius 3 is 2.77 bits per heavy atom. The number of hydrogen-bond acceptors (Lipinski definition) is 3. The average Bonchev–Trinajstić information content (AvgIpc) is 2.42. The molecule has 0 aliphatic heterocycles. The molecule has 4 nitrogen and oxygen atoms in total. The Hall–Kier alpha value is -0.870. The highest BCUT2D eigenvalue weighted by Crippen LogP contribution is 2.07. The van der Waals surface area contributed by atoms with Crippen molar-refractivity contribution in [2.24, 2.45) is 0 Å². The molecule has 13 heavy (non-hydrogen) atoms. The van der Waals surface area contributed by atoms with Crippen molar-refractivity contribution in [2.45, 2.75) is 20.4 Å². The molecule has 0 amide bonds. The van der Waals surface area contributed by atoms with Crippen molar-refractivity contribution in [3.05, 3.63) is 17.0 Å². The number of aromatic amines is 1. The summed E-state index contributed by atoms with van der Waals surface area (Å²) in [6.07, 6.45) is 0. The Bertz CT molecular complexity index is 238. The smallest absolute Gasteiger partial charge is 0.0638 e. The fourth-order valence-electron chi connectivity index (χ4n) is 1.22. The lowest BCUT2D eigenvalue weighted by molar-refractivity contribution is 0.199. The van der Waals surface area contributed by atoms with E-state index in [-0.39, 0.29) is 0 Å². The Labute approximate surface area is 78.7 Å². The van der Waals surface area contributed by atoms with Gasteiger partial charge >= 0.3 is 0 Å². The van der Waals surface area contributed by atoms with E-state index in [2.05, 4.69) is 15.5 Å². The molecule has 1 heterocycles. The quantitative estimate of drug-likeness (QED) is 0.663. The second-order valence-corrected chi connectivity index (χ2v) is 3.08. The van der Waals surface area contributed by atoms with Crippen LogP contribution in [-0.2, 0) is 11.3 Å². The van der Waals surface area contributed by atoms with Gasteiger partial charge in [0.1, 0.15) is 0 Å². The van der Waals surface area contributed by atoms with E-state index in [0.717, 1.165) is 31.1 Å². The molecular formula is C9H17N3O. The molecule has 1 aromatic heterocycles. The van der Waals surface area contributed by atoms with E-state index in [1.54, 1.807) is 7.11 Å². The largest absolute Gasteiger partial charge is 0.383 e. The van der Waals surface area contributed by atoms with Gasteiger partial charge in [0.2, 0.25) is 0 Å². The molecular weight excluding hydrogens is 166 g/mol. The van der Waals surface area contributed by atoms with E-state index in [9.17, 15) is 0 Å². The minimum absolute atomic E-state index is 0.746. The molecule has 0 bridgehead atoms. The van der Waals surface area contributed by atoms with E-state index in [4.69, 9.17) is 4.74 Å². The Morgan fingerprint density at radius 2 is 2.23 bits per heavy atom. The lowest BCUT2D eigenvalue weighted by atomic mass is 10.2. The van der Waals surface area contributed by atoms with Crippen LogP contribution in [0.15, 0.2) is 0 Å². The molecule has 0 aromatic carbocycles. The van der Waals surface area contributed by atoms with E-state index >= 15 is 0 Å². The van der Waals surface area contributed by atoms with Crippen LogP contribution >= 0.6 is 0 Å². The third-order valence-electron chi connectivity index (χ3n) is 2.07. The Morgan fingerprint density at radius 1 is 1.46 bits per heavy atom. The van der Waals surface area contributed by atoms with Crippen LogP contribution in [0, 0.1) is 13.8 Å². The van der Waals surface area contributed by atoms with Crippen molar-refractivity contribution < 1.29 is 4.74 Å². The fraction of sp³-hybridized carbons (Fsp3) is 0.667. The van der Waals surface area contributed by atoms with Crippen LogP contribution in [0.5, 0.6) is 0 Å². The summed E-state index contributed by atoms with van der Waals surface area (Å²) in [5.74, 6) is 0. The monoisotopic (exact) mass is 183 g/mol. The molecule has 0 saturated carbocycles. The summed E-state index contributed by atoms with van der Waals surface area (Å²) in [5, 5.41) is 10.4. The summed E-state index contributed by atoms with van der Waals surface area (Å²) in [6, 6.07) is 0. The first kappa shape index (κ1) is 10.2. The predicted octanol–water partition coefficient (Wildman–Crippen LogP) is 0.763. The molecule has 0 aliphatic carbocycles. The van der Waals surface area contributed by atoms with Crippen molar-refractivity contribution in [3.63, 3.8) is 0 Å². The second kappa shape index (κ2) is 4.99. The topological polar surface area (TPSA) is 49.9 Å². The van der Waals surface area contributed by atoms with Crippen LogP contribution < -0.4 is 5.32 Å². The highest BCUT2D eigenvalue weighted by molar-refractivity contribution is 5.22. The summed E-state index contributed by atoms with van der Waals surface area (Å²) < 4.78 is 4.94. The number of aryl methyl sites for hydroxylation is 2. The zero-order chi connectivity index (χ0) is 9.68. The predicted molar refractivity (Wildman–Crippen MR) is 51.6 cm³/mol. The number of hydrogen-bond donors (Lipinski definition) is 2. The summed E-state index contributed by atoms with van der Waals surface area (Å²) in [5.41, 5.74) is 3.47. The number of nitrogens with zero attached hydrogens (tertiary/aromatic N) is 1. The highest BCUT2D eigenvalue weighted by atomic mass is 16.5. The first-order chi connectivity index (χ1) is 6.25. The van der Waals surface area contributed by atoms with Gasteiger partial charge in [-0.25, -0.2) is 0 Å². The first-order valence-corrected chi connectivity index (χ1v) is 4.45. The molecule has 0 saturated heterocycles. The summed E-state index contributed by atoms with van der Waals surface area (Å²) in [7, 11) is 1.70. The molecule has 0 fully saturated rings. The summed E-state index contributed by atoms with van der Waals surface area (Å²) in [6.45, 7) is 6.53. The van der Waals surface area contributed by atoms with Crippen molar-refractivity contribution in [3.8, 4) is 0 Å². The van der Waals surface area contributed by atoms with E-state index in [1.165, 1.54) is 5.56 Å². The molecule has 2 N–H and O–H groups in total. The van der Waals surface area contributed by atoms with Gasteiger partial charge in [0.15, 0.2) is 0 Å². The zero-order valence-electron chi connectivity index (χ0n) is 8.48. The number of aromatic nitrogens is 2. The van der Waals surface area contributed by atoms with Crippen LogP contribution in [0.4, 0.5) is 0 Å². The van der Waals surface area contributed by atoms with Crippen molar-refractivity contribution in [1.82, 2.24) is 15.5 Å². The maximum absolute atomic E-state index is 4.94. The van der Waals surface area contributed by atoms with Gasteiger partial charge in [0, 0.05) is 31.5 Å². The van der Waals surface area contributed by atoms with Gasteiger partial charge in [-0.05, 0) is 13.8 Å². The van der Waals surface area contributed by atoms with Gasteiger partial charge in [0.05, 0.1) is 12.3 Å². The SMILES string of the molecule is COCCNCc1c(C)n[nH]c1C. The number of rotatable bonds is 5. The highest BCUT2D eigenvalue weighted by Gasteiger charge is 2.04. The van der Waals surface area contributed by atoms with Crippen LogP contribution in [0.3, 0.4) is 0 Å². The number of H-pyrrole nitrogens is 1. The lowest BCUT2D eigenvalue weighted by Crippen LogP contribution is -2.19. The first-order valence-electron chi connectivity index (χ1n) is 4.45. The van der Waals surface area contributed by atoms with Crippen molar-refractivity contribution in [2.75, 3.05) is 20.3 Å². The number of nitrogens with one attached hydrogen (secondary N) is 2. The van der Waals surface area contributed by atoms with Gasteiger partial charge in [-0.15, -0.1) is 0 Å². The molecule has 0 spiro atoms. The molecule has 0 aliphatic rings. The van der Waals surface area contributed by atoms with Gasteiger partial charge < -0.3 is 10.1 Å². The summed E-state index contributed by atoms with van der Waals surface area (Å²) >= 11 is 0. The van der Waals surface area contributed by atoms with Crippen molar-refractivity contribution >= 4 is 0 Å². The van der Waals surface area contributed by atoms with Crippen LogP contribution in [0.1, 0.15) is 17.0 Å². The minimum atomic E-state index is 0.746. The molecule has 0 unspecified atom stereocenters. The summed E-state index contributed by atoms with van der Waals surface area (Å²) in [4.78, 5) is 0.